The molecule has 1 saturated carbocycles. The second-order valence-electron chi connectivity index (χ2n) is 4.62. The molecule has 0 aromatic rings. The first-order valence-electron chi connectivity index (χ1n) is 5.91. The van der Waals surface area contributed by atoms with Gasteiger partial charge in [-0.25, -0.2) is 0 Å². The summed E-state index contributed by atoms with van der Waals surface area (Å²) in [6.45, 7) is -1.24. The minimum Gasteiger partial charge on any atom is -0.480 e. The van der Waals surface area contributed by atoms with E-state index in [1.54, 1.807) is 0 Å². The molecule has 0 radical (unpaired) electrons. The van der Waals surface area contributed by atoms with Gasteiger partial charge >= 0.3 is 12.1 Å². The predicted octanol–water partition coefficient (Wildman–Crippen LogP) is 2.71. The summed E-state index contributed by atoms with van der Waals surface area (Å²) < 4.78 is 36.5. The SMILES string of the molecule is O=C(O)C1(NCC(F)(F)F)CCCCCCC1. The second kappa shape index (κ2) is 5.71. The van der Waals surface area contributed by atoms with Crippen LogP contribution in [0.4, 0.5) is 13.2 Å². The van der Waals surface area contributed by atoms with Gasteiger partial charge in [-0.15, -0.1) is 0 Å². The molecule has 1 aliphatic carbocycles. The molecule has 3 nitrogen and oxygen atoms in total. The molecule has 0 heterocycles. The van der Waals surface area contributed by atoms with Crippen molar-refractivity contribution in [3.05, 3.63) is 0 Å². The number of carbonyl (C=O) groups is 1. The molecule has 0 aromatic carbocycles. The quantitative estimate of drug-likeness (QED) is 0.813. The van der Waals surface area contributed by atoms with Gasteiger partial charge in [0.2, 0.25) is 0 Å². The number of rotatable bonds is 3. The van der Waals surface area contributed by atoms with Gasteiger partial charge in [0.05, 0.1) is 6.54 Å². The molecule has 0 bridgehead atoms. The third-order valence-corrected chi connectivity index (χ3v) is 3.24. The smallest absolute Gasteiger partial charge is 0.401 e. The topological polar surface area (TPSA) is 49.3 Å². The summed E-state index contributed by atoms with van der Waals surface area (Å²) in [5.74, 6) is -1.16. The van der Waals surface area contributed by atoms with Crippen LogP contribution < -0.4 is 5.32 Å². The number of halogens is 3. The molecule has 0 unspecified atom stereocenters. The van der Waals surface area contributed by atoms with Crippen LogP contribution in [0.15, 0.2) is 0 Å². The molecular formula is C11H18F3NO2. The van der Waals surface area contributed by atoms with Gasteiger partial charge in [0, 0.05) is 0 Å². The highest BCUT2D eigenvalue weighted by Crippen LogP contribution is 2.28. The molecule has 6 heteroatoms. The summed E-state index contributed by atoms with van der Waals surface area (Å²) in [6, 6.07) is 0. The Kier molecular flexibility index (Phi) is 4.80. The van der Waals surface area contributed by atoms with Crippen molar-refractivity contribution in [2.24, 2.45) is 0 Å². The third-order valence-electron chi connectivity index (χ3n) is 3.24. The Morgan fingerprint density at radius 2 is 1.59 bits per heavy atom. The molecule has 2 N–H and O–H groups in total. The van der Waals surface area contributed by atoms with Crippen molar-refractivity contribution in [1.82, 2.24) is 5.32 Å². The molecule has 0 saturated heterocycles. The monoisotopic (exact) mass is 253 g/mol. The van der Waals surface area contributed by atoms with E-state index in [4.69, 9.17) is 0 Å². The van der Waals surface area contributed by atoms with Gasteiger partial charge in [0.1, 0.15) is 5.54 Å². The maximum absolute atomic E-state index is 12.2. The summed E-state index contributed by atoms with van der Waals surface area (Å²) in [4.78, 5) is 11.2. The summed E-state index contributed by atoms with van der Waals surface area (Å²) in [6.07, 6.45) is 0.330. The van der Waals surface area contributed by atoms with Gasteiger partial charge in [0.15, 0.2) is 0 Å². The average molecular weight is 253 g/mol. The van der Waals surface area contributed by atoms with Gasteiger partial charge in [0.25, 0.3) is 0 Å². The number of alkyl halides is 3. The van der Waals surface area contributed by atoms with E-state index in [1.165, 1.54) is 0 Å². The van der Waals surface area contributed by atoms with Crippen LogP contribution in [-0.4, -0.2) is 29.3 Å². The zero-order valence-corrected chi connectivity index (χ0v) is 9.65. The lowest BCUT2D eigenvalue weighted by Crippen LogP contribution is -2.55. The van der Waals surface area contributed by atoms with E-state index in [1.807, 2.05) is 0 Å². The molecule has 0 amide bonds. The van der Waals surface area contributed by atoms with E-state index in [2.05, 4.69) is 5.32 Å². The Labute approximate surface area is 98.4 Å². The molecule has 1 fully saturated rings. The zero-order valence-electron chi connectivity index (χ0n) is 9.65. The zero-order chi connectivity index (χ0) is 12.9. The lowest BCUT2D eigenvalue weighted by molar-refractivity contribution is -0.151. The minimum absolute atomic E-state index is 0.276. The highest BCUT2D eigenvalue weighted by Gasteiger charge is 2.41. The van der Waals surface area contributed by atoms with Crippen molar-refractivity contribution >= 4 is 5.97 Å². The molecule has 100 valence electrons. The molecule has 0 aromatic heterocycles. The molecule has 0 atom stereocenters. The first kappa shape index (κ1) is 14.3. The summed E-state index contributed by atoms with van der Waals surface area (Å²) in [5, 5.41) is 11.4. The Balaban J connectivity index is 2.68. The van der Waals surface area contributed by atoms with Crippen LogP contribution in [-0.2, 0) is 4.79 Å². The van der Waals surface area contributed by atoms with Crippen molar-refractivity contribution < 1.29 is 23.1 Å². The van der Waals surface area contributed by atoms with Crippen molar-refractivity contribution in [3.8, 4) is 0 Å². The number of carboxylic acid groups (broad SMARTS) is 1. The van der Waals surface area contributed by atoms with Crippen molar-refractivity contribution in [1.29, 1.82) is 0 Å². The molecule has 17 heavy (non-hydrogen) atoms. The largest absolute Gasteiger partial charge is 0.480 e. The highest BCUT2D eigenvalue weighted by atomic mass is 19.4. The molecule has 1 aliphatic rings. The number of carboxylic acids is 1. The second-order valence-corrected chi connectivity index (χ2v) is 4.62. The Morgan fingerprint density at radius 3 is 2.00 bits per heavy atom. The third kappa shape index (κ3) is 4.53. The van der Waals surface area contributed by atoms with Crippen LogP contribution in [0.25, 0.3) is 0 Å². The van der Waals surface area contributed by atoms with Crippen molar-refractivity contribution in [2.45, 2.75) is 56.7 Å². The number of hydrogen-bond donors (Lipinski definition) is 2. The molecule has 0 spiro atoms. The van der Waals surface area contributed by atoms with Crippen LogP contribution >= 0.6 is 0 Å². The number of aliphatic carboxylic acids is 1. The lowest BCUT2D eigenvalue weighted by Gasteiger charge is -2.32. The maximum atomic E-state index is 12.2. The van der Waals surface area contributed by atoms with Crippen molar-refractivity contribution in [3.63, 3.8) is 0 Å². The fourth-order valence-corrected chi connectivity index (χ4v) is 2.24. The molecule has 0 aliphatic heterocycles. The number of hydrogen-bond acceptors (Lipinski definition) is 2. The fraction of sp³-hybridized carbons (Fsp3) is 0.909. The highest BCUT2D eigenvalue weighted by molar-refractivity contribution is 5.78. The molecular weight excluding hydrogens is 235 g/mol. The van der Waals surface area contributed by atoms with Gasteiger partial charge in [-0.1, -0.05) is 32.1 Å². The predicted molar refractivity (Wildman–Crippen MR) is 56.7 cm³/mol. The van der Waals surface area contributed by atoms with E-state index in [-0.39, 0.29) is 12.8 Å². The average Bonchev–Trinajstić information content (AvgIpc) is 2.14. The lowest BCUT2D eigenvalue weighted by atomic mass is 9.84. The van der Waals surface area contributed by atoms with Gasteiger partial charge in [-0.05, 0) is 12.8 Å². The van der Waals surface area contributed by atoms with Crippen LogP contribution in [0.3, 0.4) is 0 Å². The maximum Gasteiger partial charge on any atom is 0.401 e. The van der Waals surface area contributed by atoms with E-state index in [0.717, 1.165) is 19.3 Å². The summed E-state index contributed by atoms with van der Waals surface area (Å²) in [5.41, 5.74) is -1.39. The normalized spacial score (nSPS) is 21.6. The van der Waals surface area contributed by atoms with Gasteiger partial charge in [-0.2, -0.15) is 13.2 Å². The fourth-order valence-electron chi connectivity index (χ4n) is 2.24. The van der Waals surface area contributed by atoms with Gasteiger partial charge < -0.3 is 5.11 Å². The Morgan fingerprint density at radius 1 is 1.12 bits per heavy atom. The molecule has 1 rings (SSSR count). The van der Waals surface area contributed by atoms with Gasteiger partial charge in [-0.3, -0.25) is 10.1 Å². The van der Waals surface area contributed by atoms with Crippen LogP contribution in [0.2, 0.25) is 0 Å². The first-order valence-corrected chi connectivity index (χ1v) is 5.91. The Bertz CT molecular complexity index is 258. The van der Waals surface area contributed by atoms with Crippen molar-refractivity contribution in [2.75, 3.05) is 6.54 Å². The summed E-state index contributed by atoms with van der Waals surface area (Å²) >= 11 is 0. The van der Waals surface area contributed by atoms with E-state index in [0.29, 0.717) is 12.8 Å². The minimum atomic E-state index is -4.37. The van der Waals surface area contributed by atoms with Crippen LogP contribution in [0, 0.1) is 0 Å². The number of nitrogens with one attached hydrogen (secondary N) is 1. The van der Waals surface area contributed by atoms with Crippen LogP contribution in [0.1, 0.15) is 44.9 Å². The summed E-state index contributed by atoms with van der Waals surface area (Å²) in [7, 11) is 0. The van der Waals surface area contributed by atoms with Crippen LogP contribution in [0.5, 0.6) is 0 Å². The van der Waals surface area contributed by atoms with E-state index >= 15 is 0 Å². The van der Waals surface area contributed by atoms with E-state index in [9.17, 15) is 23.1 Å². The first-order chi connectivity index (χ1) is 7.86. The van der Waals surface area contributed by atoms with E-state index < -0.39 is 24.2 Å². The Hall–Kier alpha value is -0.780. The standard InChI is InChI=1S/C11H18F3NO2/c12-11(13,14)8-15-10(9(16)17)6-4-2-1-3-5-7-10/h15H,1-8H2,(H,16,17).